The summed E-state index contributed by atoms with van der Waals surface area (Å²) in [5.74, 6) is -0.475. The lowest BCUT2D eigenvalue weighted by Crippen LogP contribution is -2.44. The van der Waals surface area contributed by atoms with Crippen molar-refractivity contribution >= 4 is 39.7 Å². The SMILES string of the molecule is NC(=O)C1CCN(c2nc(C(=O)Nc3ccccc3N3CCCC4(CCNC4)C3)cs2)CC1. The molecule has 4 heterocycles. The first-order valence-electron chi connectivity index (χ1n) is 11.9. The second-order valence-corrected chi connectivity index (χ2v) is 10.4. The molecule has 3 aliphatic rings. The maximum Gasteiger partial charge on any atom is 0.275 e. The van der Waals surface area contributed by atoms with Crippen molar-refractivity contribution in [1.82, 2.24) is 10.3 Å². The summed E-state index contributed by atoms with van der Waals surface area (Å²) < 4.78 is 0. The smallest absolute Gasteiger partial charge is 0.275 e. The number of hydrogen-bond donors (Lipinski definition) is 3. The molecule has 3 aliphatic heterocycles. The second kappa shape index (κ2) is 9.30. The number of nitrogens with one attached hydrogen (secondary N) is 2. The van der Waals surface area contributed by atoms with Gasteiger partial charge in [-0.15, -0.1) is 11.3 Å². The van der Waals surface area contributed by atoms with Gasteiger partial charge in [0.15, 0.2) is 5.13 Å². The molecule has 3 fully saturated rings. The van der Waals surface area contributed by atoms with Crippen LogP contribution in [-0.2, 0) is 4.79 Å². The van der Waals surface area contributed by atoms with Crippen LogP contribution in [0.25, 0.3) is 0 Å². The number of carbonyl (C=O) groups is 2. The Bertz CT molecular complexity index is 1010. The van der Waals surface area contributed by atoms with Crippen molar-refractivity contribution < 1.29 is 9.59 Å². The average molecular weight is 469 g/mol. The van der Waals surface area contributed by atoms with E-state index in [0.717, 1.165) is 68.6 Å². The first kappa shape index (κ1) is 22.2. The van der Waals surface area contributed by atoms with E-state index in [1.807, 2.05) is 23.6 Å². The van der Waals surface area contributed by atoms with Crippen LogP contribution >= 0.6 is 11.3 Å². The number of anilines is 3. The summed E-state index contributed by atoms with van der Waals surface area (Å²) in [6.45, 7) is 5.67. The number of thiazole rings is 1. The third-order valence-corrected chi connectivity index (χ3v) is 8.28. The Hall–Kier alpha value is -2.65. The van der Waals surface area contributed by atoms with Gasteiger partial charge in [0.1, 0.15) is 5.69 Å². The van der Waals surface area contributed by atoms with Crippen LogP contribution in [0.4, 0.5) is 16.5 Å². The molecule has 33 heavy (non-hydrogen) atoms. The molecule has 0 radical (unpaired) electrons. The van der Waals surface area contributed by atoms with Crippen LogP contribution in [0.1, 0.15) is 42.6 Å². The molecule has 0 saturated carbocycles. The number of para-hydroxylation sites is 2. The average Bonchev–Trinajstić information content (AvgIpc) is 3.50. The number of carbonyl (C=O) groups excluding carboxylic acids is 2. The highest BCUT2D eigenvalue weighted by atomic mass is 32.1. The monoisotopic (exact) mass is 468 g/mol. The zero-order chi connectivity index (χ0) is 22.8. The molecule has 0 aliphatic carbocycles. The predicted molar refractivity (Wildman–Crippen MR) is 132 cm³/mol. The van der Waals surface area contributed by atoms with Gasteiger partial charge in [0.05, 0.1) is 11.4 Å². The minimum absolute atomic E-state index is 0.0607. The van der Waals surface area contributed by atoms with Crippen LogP contribution in [0.15, 0.2) is 29.6 Å². The molecule has 1 aromatic carbocycles. The van der Waals surface area contributed by atoms with E-state index in [-0.39, 0.29) is 17.7 Å². The zero-order valence-corrected chi connectivity index (χ0v) is 19.7. The number of nitrogens with zero attached hydrogens (tertiary/aromatic N) is 3. The second-order valence-electron chi connectivity index (χ2n) is 9.60. The first-order chi connectivity index (χ1) is 16.0. The fourth-order valence-corrected chi connectivity index (χ4v) is 6.33. The van der Waals surface area contributed by atoms with Gasteiger partial charge in [0, 0.05) is 49.4 Å². The highest BCUT2D eigenvalue weighted by Gasteiger charge is 2.38. The van der Waals surface area contributed by atoms with Crippen molar-refractivity contribution in [2.75, 3.05) is 54.4 Å². The van der Waals surface area contributed by atoms with Crippen molar-refractivity contribution in [1.29, 1.82) is 0 Å². The molecule has 1 unspecified atom stereocenters. The molecule has 9 heteroatoms. The third kappa shape index (κ3) is 4.70. The fourth-order valence-electron chi connectivity index (χ4n) is 5.47. The van der Waals surface area contributed by atoms with Gasteiger partial charge in [0.25, 0.3) is 5.91 Å². The summed E-state index contributed by atoms with van der Waals surface area (Å²) in [7, 11) is 0. The summed E-state index contributed by atoms with van der Waals surface area (Å²) in [5.41, 5.74) is 8.13. The van der Waals surface area contributed by atoms with E-state index < -0.39 is 0 Å². The number of amides is 2. The topological polar surface area (TPSA) is 104 Å². The molecule has 5 rings (SSSR count). The van der Waals surface area contributed by atoms with Crippen LogP contribution in [0, 0.1) is 11.3 Å². The Morgan fingerprint density at radius 1 is 1.15 bits per heavy atom. The molecule has 176 valence electrons. The largest absolute Gasteiger partial charge is 0.369 e. The quantitative estimate of drug-likeness (QED) is 0.623. The lowest BCUT2D eigenvalue weighted by molar-refractivity contribution is -0.122. The maximum absolute atomic E-state index is 13.1. The van der Waals surface area contributed by atoms with Crippen molar-refractivity contribution in [2.45, 2.75) is 32.1 Å². The predicted octanol–water partition coefficient (Wildman–Crippen LogP) is 2.68. The van der Waals surface area contributed by atoms with Gasteiger partial charge in [0.2, 0.25) is 5.91 Å². The Morgan fingerprint density at radius 3 is 2.73 bits per heavy atom. The Morgan fingerprint density at radius 2 is 1.97 bits per heavy atom. The van der Waals surface area contributed by atoms with Crippen LogP contribution in [-0.4, -0.2) is 56.1 Å². The Balaban J connectivity index is 1.26. The third-order valence-electron chi connectivity index (χ3n) is 7.38. The lowest BCUT2D eigenvalue weighted by atomic mass is 9.79. The van der Waals surface area contributed by atoms with E-state index in [1.165, 1.54) is 30.6 Å². The van der Waals surface area contributed by atoms with E-state index in [4.69, 9.17) is 5.73 Å². The molecule has 8 nitrogen and oxygen atoms in total. The normalized spacial score (nSPS) is 23.8. The molecule has 2 aromatic rings. The standard InChI is InChI=1S/C24H32N6O2S/c25-21(31)17-6-12-29(13-7-17)23-28-19(14-33-23)22(32)27-18-4-1-2-5-20(18)30-11-3-8-24(16-30)9-10-26-15-24/h1-2,4-5,14,17,26H,3,6-13,15-16H2,(H2,25,31)(H,27,32). The molecule has 1 aromatic heterocycles. The van der Waals surface area contributed by atoms with Gasteiger partial charge in [-0.1, -0.05) is 12.1 Å². The van der Waals surface area contributed by atoms with Crippen molar-refractivity contribution in [3.05, 3.63) is 35.3 Å². The van der Waals surface area contributed by atoms with Gasteiger partial charge >= 0.3 is 0 Å². The number of rotatable bonds is 5. The zero-order valence-electron chi connectivity index (χ0n) is 18.9. The molecule has 4 N–H and O–H groups in total. The lowest BCUT2D eigenvalue weighted by Gasteiger charge is -2.41. The van der Waals surface area contributed by atoms with E-state index in [9.17, 15) is 9.59 Å². The highest BCUT2D eigenvalue weighted by Crippen LogP contribution is 2.39. The van der Waals surface area contributed by atoms with Crippen LogP contribution < -0.4 is 26.2 Å². The van der Waals surface area contributed by atoms with Gasteiger partial charge < -0.3 is 26.2 Å². The molecule has 2 amide bonds. The molecular formula is C24H32N6O2S. The van der Waals surface area contributed by atoms with Gasteiger partial charge in [-0.3, -0.25) is 9.59 Å². The van der Waals surface area contributed by atoms with E-state index in [1.54, 1.807) is 0 Å². The van der Waals surface area contributed by atoms with Crippen molar-refractivity contribution in [2.24, 2.45) is 17.1 Å². The molecule has 3 saturated heterocycles. The minimum atomic E-state index is -0.226. The van der Waals surface area contributed by atoms with Crippen molar-refractivity contribution in [3.8, 4) is 0 Å². The van der Waals surface area contributed by atoms with E-state index in [2.05, 4.69) is 31.5 Å². The molecule has 1 atom stereocenters. The van der Waals surface area contributed by atoms with E-state index in [0.29, 0.717) is 11.1 Å². The van der Waals surface area contributed by atoms with E-state index >= 15 is 0 Å². The number of piperidine rings is 2. The van der Waals surface area contributed by atoms with Crippen LogP contribution in [0.3, 0.4) is 0 Å². The Labute approximate surface area is 198 Å². The van der Waals surface area contributed by atoms with Gasteiger partial charge in [-0.25, -0.2) is 4.98 Å². The summed E-state index contributed by atoms with van der Waals surface area (Å²) in [4.78, 5) is 33.6. The summed E-state index contributed by atoms with van der Waals surface area (Å²) in [6, 6.07) is 8.08. The number of nitrogens with two attached hydrogens (primary N) is 1. The van der Waals surface area contributed by atoms with Gasteiger partial charge in [-0.2, -0.15) is 0 Å². The van der Waals surface area contributed by atoms with Crippen molar-refractivity contribution in [3.63, 3.8) is 0 Å². The Kier molecular flexibility index (Phi) is 6.25. The summed E-state index contributed by atoms with van der Waals surface area (Å²) in [5, 5.41) is 9.27. The van der Waals surface area contributed by atoms with Gasteiger partial charge in [-0.05, 0) is 50.8 Å². The maximum atomic E-state index is 13.1. The number of aromatic nitrogens is 1. The molecule has 0 bridgehead atoms. The fraction of sp³-hybridized carbons (Fsp3) is 0.542. The summed E-state index contributed by atoms with van der Waals surface area (Å²) >= 11 is 1.47. The number of primary amides is 1. The summed E-state index contributed by atoms with van der Waals surface area (Å²) in [6.07, 6.45) is 5.12. The number of hydrogen-bond acceptors (Lipinski definition) is 7. The van der Waals surface area contributed by atoms with Crippen LogP contribution in [0.5, 0.6) is 0 Å². The highest BCUT2D eigenvalue weighted by molar-refractivity contribution is 7.14. The minimum Gasteiger partial charge on any atom is -0.369 e. The first-order valence-corrected chi connectivity index (χ1v) is 12.8. The molecule has 1 spiro atoms. The number of benzene rings is 1. The molecular weight excluding hydrogens is 436 g/mol. The van der Waals surface area contributed by atoms with Crippen LogP contribution in [0.2, 0.25) is 0 Å².